The van der Waals surface area contributed by atoms with Crippen LogP contribution in [-0.4, -0.2) is 13.2 Å². The van der Waals surface area contributed by atoms with Crippen molar-refractivity contribution in [2.24, 2.45) is 5.92 Å². The van der Waals surface area contributed by atoms with Crippen molar-refractivity contribution >= 4 is 27.5 Å². The number of alkyl halides is 1. The van der Waals surface area contributed by atoms with Gasteiger partial charge < -0.3 is 4.74 Å². The first-order valence-electron chi connectivity index (χ1n) is 5.24. The predicted octanol–water partition coefficient (Wildman–Crippen LogP) is 4.20. The molecular weight excluding hydrogens is 275 g/mol. The zero-order valence-electron chi connectivity index (χ0n) is 8.46. The average molecular weight is 290 g/mol. The fourth-order valence-electron chi connectivity index (χ4n) is 1.92. The molecule has 0 aromatic heterocycles. The minimum Gasteiger partial charge on any atom is -0.381 e. The van der Waals surface area contributed by atoms with Gasteiger partial charge >= 0.3 is 0 Å². The molecule has 1 aromatic carbocycles. The lowest BCUT2D eigenvalue weighted by Gasteiger charge is -2.26. The van der Waals surface area contributed by atoms with E-state index in [1.165, 1.54) is 18.4 Å². The van der Waals surface area contributed by atoms with Crippen molar-refractivity contribution in [3.63, 3.8) is 0 Å². The Bertz CT molecular complexity index is 306. The number of benzene rings is 1. The van der Waals surface area contributed by atoms with Gasteiger partial charge in [0.1, 0.15) is 0 Å². The first kappa shape index (κ1) is 11.4. The highest BCUT2D eigenvalue weighted by atomic mass is 79.9. The lowest BCUT2D eigenvalue weighted by atomic mass is 9.94. The first-order chi connectivity index (χ1) is 7.27. The van der Waals surface area contributed by atoms with Crippen LogP contribution in [0.15, 0.2) is 24.3 Å². The minimum atomic E-state index is 0.384. The molecule has 0 aliphatic carbocycles. The molecule has 82 valence electrons. The zero-order chi connectivity index (χ0) is 10.7. The highest BCUT2D eigenvalue weighted by Crippen LogP contribution is 2.36. The molecule has 2 rings (SSSR count). The van der Waals surface area contributed by atoms with E-state index in [4.69, 9.17) is 16.3 Å². The van der Waals surface area contributed by atoms with Gasteiger partial charge in [0, 0.05) is 16.5 Å². The molecule has 1 fully saturated rings. The molecule has 1 aliphatic rings. The molecule has 3 heteroatoms. The molecule has 1 aliphatic heterocycles. The van der Waals surface area contributed by atoms with Gasteiger partial charge in [-0.15, -0.1) is 0 Å². The summed E-state index contributed by atoms with van der Waals surface area (Å²) in [5.74, 6) is 0.583. The van der Waals surface area contributed by atoms with Crippen LogP contribution in [-0.2, 0) is 4.74 Å². The van der Waals surface area contributed by atoms with E-state index in [0.717, 1.165) is 18.2 Å². The Kier molecular flexibility index (Phi) is 4.06. The molecule has 0 N–H and O–H groups in total. The van der Waals surface area contributed by atoms with Gasteiger partial charge in [-0.3, -0.25) is 0 Å². The van der Waals surface area contributed by atoms with E-state index >= 15 is 0 Å². The van der Waals surface area contributed by atoms with Gasteiger partial charge in [0.05, 0.1) is 6.61 Å². The van der Waals surface area contributed by atoms with E-state index in [9.17, 15) is 0 Å². The van der Waals surface area contributed by atoms with Crippen molar-refractivity contribution < 1.29 is 4.74 Å². The molecule has 1 nitrogen and oxygen atoms in total. The second kappa shape index (κ2) is 5.33. The third-order valence-corrected chi connectivity index (χ3v) is 4.33. The van der Waals surface area contributed by atoms with Crippen LogP contribution in [0.2, 0.25) is 5.02 Å². The highest BCUT2D eigenvalue weighted by Gasteiger charge is 2.23. The third-order valence-electron chi connectivity index (χ3n) is 2.80. The molecule has 15 heavy (non-hydrogen) atoms. The number of rotatable bonds is 2. The Hall–Kier alpha value is -0.0500. The lowest BCUT2D eigenvalue weighted by molar-refractivity contribution is 0.0546. The summed E-state index contributed by atoms with van der Waals surface area (Å²) < 4.78 is 5.49. The van der Waals surface area contributed by atoms with Crippen molar-refractivity contribution in [1.82, 2.24) is 0 Å². The van der Waals surface area contributed by atoms with Gasteiger partial charge in [0.15, 0.2) is 0 Å². The summed E-state index contributed by atoms with van der Waals surface area (Å²) in [6, 6.07) is 8.04. The van der Waals surface area contributed by atoms with Crippen molar-refractivity contribution in [1.29, 1.82) is 0 Å². The Balaban J connectivity index is 2.05. The summed E-state index contributed by atoms with van der Waals surface area (Å²) in [5.41, 5.74) is 1.29. The maximum atomic E-state index is 5.86. The number of ether oxygens (including phenoxy) is 1. The van der Waals surface area contributed by atoms with E-state index in [1.807, 2.05) is 12.1 Å². The van der Waals surface area contributed by atoms with E-state index in [-0.39, 0.29) is 0 Å². The average Bonchev–Trinajstić information content (AvgIpc) is 2.30. The van der Waals surface area contributed by atoms with Gasteiger partial charge in [0.2, 0.25) is 0 Å². The van der Waals surface area contributed by atoms with E-state index in [0.29, 0.717) is 10.7 Å². The minimum absolute atomic E-state index is 0.384. The van der Waals surface area contributed by atoms with Crippen LogP contribution in [0, 0.1) is 5.92 Å². The van der Waals surface area contributed by atoms with Crippen molar-refractivity contribution in [2.45, 2.75) is 17.7 Å². The molecule has 1 heterocycles. The van der Waals surface area contributed by atoms with Gasteiger partial charge in [-0.1, -0.05) is 39.7 Å². The van der Waals surface area contributed by atoms with E-state index in [2.05, 4.69) is 28.1 Å². The van der Waals surface area contributed by atoms with E-state index in [1.54, 1.807) is 0 Å². The number of hydrogen-bond acceptors (Lipinski definition) is 1. The van der Waals surface area contributed by atoms with Gasteiger partial charge in [-0.05, 0) is 36.5 Å². The zero-order valence-corrected chi connectivity index (χ0v) is 10.8. The van der Waals surface area contributed by atoms with Crippen LogP contribution in [0.3, 0.4) is 0 Å². The van der Waals surface area contributed by atoms with Crippen molar-refractivity contribution in [3.05, 3.63) is 34.9 Å². The first-order valence-corrected chi connectivity index (χ1v) is 6.54. The standard InChI is InChI=1S/C12H14BrClO/c13-12(10-2-1-7-15-8-10)9-3-5-11(14)6-4-9/h3-6,10,12H,1-2,7-8H2. The van der Waals surface area contributed by atoms with Crippen LogP contribution < -0.4 is 0 Å². The Morgan fingerprint density at radius 3 is 2.67 bits per heavy atom. The van der Waals surface area contributed by atoms with Crippen LogP contribution in [0.4, 0.5) is 0 Å². The van der Waals surface area contributed by atoms with Crippen molar-refractivity contribution in [2.75, 3.05) is 13.2 Å². The van der Waals surface area contributed by atoms with Crippen LogP contribution in [0.1, 0.15) is 23.2 Å². The number of halogens is 2. The van der Waals surface area contributed by atoms with Gasteiger partial charge in [0.25, 0.3) is 0 Å². The SMILES string of the molecule is Clc1ccc(C(Br)C2CCCOC2)cc1. The summed E-state index contributed by atoms with van der Waals surface area (Å²) in [6.07, 6.45) is 2.40. The Morgan fingerprint density at radius 2 is 2.07 bits per heavy atom. The maximum Gasteiger partial charge on any atom is 0.0508 e. The summed E-state index contributed by atoms with van der Waals surface area (Å²) in [6.45, 7) is 1.77. The third kappa shape index (κ3) is 2.96. The maximum absolute atomic E-state index is 5.86. The molecule has 0 radical (unpaired) electrons. The van der Waals surface area contributed by atoms with Crippen molar-refractivity contribution in [3.8, 4) is 0 Å². The highest BCUT2D eigenvalue weighted by molar-refractivity contribution is 9.09. The second-order valence-corrected chi connectivity index (χ2v) is 5.35. The number of hydrogen-bond donors (Lipinski definition) is 0. The molecule has 0 saturated carbocycles. The summed E-state index contributed by atoms with van der Waals surface area (Å²) in [7, 11) is 0. The molecule has 1 aromatic rings. The Labute approximate surface area is 104 Å². The fraction of sp³-hybridized carbons (Fsp3) is 0.500. The molecule has 0 amide bonds. The molecular formula is C12H14BrClO. The van der Waals surface area contributed by atoms with Gasteiger partial charge in [-0.25, -0.2) is 0 Å². The smallest absolute Gasteiger partial charge is 0.0508 e. The van der Waals surface area contributed by atoms with Crippen LogP contribution in [0.5, 0.6) is 0 Å². The van der Waals surface area contributed by atoms with Gasteiger partial charge in [-0.2, -0.15) is 0 Å². The molecule has 1 saturated heterocycles. The Morgan fingerprint density at radius 1 is 1.33 bits per heavy atom. The predicted molar refractivity (Wildman–Crippen MR) is 66.7 cm³/mol. The van der Waals surface area contributed by atoms with Crippen LogP contribution >= 0.6 is 27.5 Å². The molecule has 0 bridgehead atoms. The molecule has 2 unspecified atom stereocenters. The monoisotopic (exact) mass is 288 g/mol. The summed E-state index contributed by atoms with van der Waals surface area (Å²) in [4.78, 5) is 0.384. The summed E-state index contributed by atoms with van der Waals surface area (Å²) in [5, 5.41) is 0.790. The molecule has 0 spiro atoms. The quantitative estimate of drug-likeness (QED) is 0.741. The second-order valence-electron chi connectivity index (χ2n) is 3.93. The van der Waals surface area contributed by atoms with E-state index < -0.39 is 0 Å². The summed E-state index contributed by atoms with van der Waals surface area (Å²) >= 11 is 9.61. The molecule has 2 atom stereocenters. The topological polar surface area (TPSA) is 9.23 Å². The fourth-order valence-corrected chi connectivity index (χ4v) is 2.76. The van der Waals surface area contributed by atoms with Crippen LogP contribution in [0.25, 0.3) is 0 Å². The normalized spacial score (nSPS) is 23.7. The lowest BCUT2D eigenvalue weighted by Crippen LogP contribution is -2.20. The largest absolute Gasteiger partial charge is 0.381 e.